The lowest BCUT2D eigenvalue weighted by atomic mass is 10.1. The Morgan fingerprint density at radius 3 is 2.72 bits per heavy atom. The molecule has 2 N–H and O–H groups in total. The molecule has 1 aliphatic heterocycles. The van der Waals surface area contributed by atoms with Crippen LogP contribution in [-0.2, 0) is 6.42 Å². The zero-order chi connectivity index (χ0) is 17.8. The van der Waals surface area contributed by atoms with Gasteiger partial charge in [-0.05, 0) is 43.0 Å². The van der Waals surface area contributed by atoms with Gasteiger partial charge in [0, 0.05) is 12.1 Å². The highest BCUT2D eigenvalue weighted by Gasteiger charge is 2.17. The van der Waals surface area contributed by atoms with Crippen LogP contribution in [0.5, 0.6) is 11.5 Å². The third kappa shape index (κ3) is 4.32. The smallest absolute Gasteiger partial charge is 0.272 e. The lowest BCUT2D eigenvalue weighted by molar-refractivity contribution is 0.0934. The van der Waals surface area contributed by atoms with Crippen LogP contribution in [-0.4, -0.2) is 29.3 Å². The molecule has 2 heterocycles. The summed E-state index contributed by atoms with van der Waals surface area (Å²) in [5.74, 6) is 1.81. The summed E-state index contributed by atoms with van der Waals surface area (Å²) in [6, 6.07) is 7.44. The fourth-order valence-electron chi connectivity index (χ4n) is 2.83. The molecule has 3 rings (SSSR count). The topological polar surface area (TPSA) is 76.2 Å². The Balaban J connectivity index is 1.67. The molecule has 1 aliphatic rings. The van der Waals surface area contributed by atoms with Crippen molar-refractivity contribution in [3.8, 4) is 11.5 Å². The minimum absolute atomic E-state index is 0.157. The minimum Gasteiger partial charge on any atom is -0.490 e. The van der Waals surface area contributed by atoms with E-state index in [1.165, 1.54) is 0 Å². The summed E-state index contributed by atoms with van der Waals surface area (Å²) in [5, 5.41) is 10.0. The summed E-state index contributed by atoms with van der Waals surface area (Å²) >= 11 is 0. The van der Waals surface area contributed by atoms with Gasteiger partial charge in [-0.2, -0.15) is 5.10 Å². The molecule has 1 aromatic carbocycles. The van der Waals surface area contributed by atoms with E-state index >= 15 is 0 Å². The predicted molar refractivity (Wildman–Crippen MR) is 95.1 cm³/mol. The molecule has 0 spiro atoms. The largest absolute Gasteiger partial charge is 0.490 e. The first-order valence-corrected chi connectivity index (χ1v) is 8.77. The van der Waals surface area contributed by atoms with Crippen molar-refractivity contribution in [1.29, 1.82) is 0 Å². The highest BCUT2D eigenvalue weighted by molar-refractivity contribution is 5.92. The fourth-order valence-corrected chi connectivity index (χ4v) is 2.83. The van der Waals surface area contributed by atoms with Crippen LogP contribution >= 0.6 is 0 Å². The van der Waals surface area contributed by atoms with E-state index in [9.17, 15) is 4.79 Å². The Kier molecular flexibility index (Phi) is 5.26. The molecule has 25 heavy (non-hydrogen) atoms. The third-order valence-corrected chi connectivity index (χ3v) is 4.11. The summed E-state index contributed by atoms with van der Waals surface area (Å²) in [4.78, 5) is 12.4. The van der Waals surface area contributed by atoms with Gasteiger partial charge in [-0.1, -0.05) is 19.9 Å². The van der Waals surface area contributed by atoms with E-state index in [1.807, 2.05) is 31.2 Å². The predicted octanol–water partition coefficient (Wildman–Crippen LogP) is 3.26. The van der Waals surface area contributed by atoms with Crippen molar-refractivity contribution >= 4 is 5.91 Å². The number of nitrogens with one attached hydrogen (secondary N) is 2. The van der Waals surface area contributed by atoms with Gasteiger partial charge in [-0.15, -0.1) is 0 Å². The number of hydrogen-bond acceptors (Lipinski definition) is 4. The second-order valence-corrected chi connectivity index (χ2v) is 6.83. The Labute approximate surface area is 147 Å². The van der Waals surface area contributed by atoms with Crippen molar-refractivity contribution in [2.75, 3.05) is 13.2 Å². The number of amides is 1. The number of benzene rings is 1. The van der Waals surface area contributed by atoms with E-state index < -0.39 is 0 Å². The standard InChI is InChI=1S/C19H25N3O3/c1-12(2)9-15-11-16(22-21-15)19(23)20-13(3)14-5-6-17-18(10-14)25-8-4-7-24-17/h5-6,10-13H,4,7-9H2,1-3H3,(H,20,23)(H,21,22). The molecule has 0 saturated heterocycles. The summed E-state index contributed by atoms with van der Waals surface area (Å²) < 4.78 is 11.4. The maximum Gasteiger partial charge on any atom is 0.272 e. The molecule has 1 unspecified atom stereocenters. The number of carbonyl (C=O) groups excluding carboxylic acids is 1. The number of carbonyl (C=O) groups is 1. The normalized spacial score (nSPS) is 14.9. The van der Waals surface area contributed by atoms with Gasteiger partial charge < -0.3 is 14.8 Å². The molecule has 6 heteroatoms. The summed E-state index contributed by atoms with van der Waals surface area (Å²) in [5.41, 5.74) is 2.36. The van der Waals surface area contributed by atoms with E-state index in [-0.39, 0.29) is 11.9 Å². The molecule has 0 fully saturated rings. The first kappa shape index (κ1) is 17.3. The van der Waals surface area contributed by atoms with E-state index in [0.717, 1.165) is 35.6 Å². The SMILES string of the molecule is CC(C)Cc1cc(C(=O)NC(C)c2ccc3c(c2)OCCCO3)n[nH]1. The average Bonchev–Trinajstić information content (AvgIpc) is 2.90. The quantitative estimate of drug-likeness (QED) is 0.874. The second kappa shape index (κ2) is 7.59. The second-order valence-electron chi connectivity index (χ2n) is 6.83. The van der Waals surface area contributed by atoms with Crippen LogP contribution in [0.15, 0.2) is 24.3 Å². The molecular weight excluding hydrogens is 318 g/mol. The summed E-state index contributed by atoms with van der Waals surface area (Å²) in [6.07, 6.45) is 1.74. The summed E-state index contributed by atoms with van der Waals surface area (Å²) in [6.45, 7) is 7.51. The van der Waals surface area contributed by atoms with Crippen molar-refractivity contribution in [3.63, 3.8) is 0 Å². The lowest BCUT2D eigenvalue weighted by Crippen LogP contribution is -2.27. The molecular formula is C19H25N3O3. The van der Waals surface area contributed by atoms with Crippen LogP contribution in [0.1, 0.15) is 55.0 Å². The number of rotatable bonds is 5. The van der Waals surface area contributed by atoms with Crippen LogP contribution in [0, 0.1) is 5.92 Å². The average molecular weight is 343 g/mol. The molecule has 134 valence electrons. The van der Waals surface area contributed by atoms with Gasteiger partial charge in [0.25, 0.3) is 5.91 Å². The highest BCUT2D eigenvalue weighted by Crippen LogP contribution is 2.32. The molecule has 1 atom stereocenters. The molecule has 0 bridgehead atoms. The van der Waals surface area contributed by atoms with E-state index in [4.69, 9.17) is 9.47 Å². The first-order valence-electron chi connectivity index (χ1n) is 8.77. The molecule has 0 saturated carbocycles. The maximum atomic E-state index is 12.4. The van der Waals surface area contributed by atoms with Gasteiger partial charge >= 0.3 is 0 Å². The molecule has 0 radical (unpaired) electrons. The Morgan fingerprint density at radius 2 is 1.96 bits per heavy atom. The number of fused-ring (bicyclic) bond motifs is 1. The van der Waals surface area contributed by atoms with Gasteiger partial charge in [0.05, 0.1) is 19.3 Å². The highest BCUT2D eigenvalue weighted by atomic mass is 16.5. The fraction of sp³-hybridized carbons (Fsp3) is 0.474. The maximum absolute atomic E-state index is 12.4. The Morgan fingerprint density at radius 1 is 1.20 bits per heavy atom. The monoisotopic (exact) mass is 343 g/mol. The van der Waals surface area contributed by atoms with Crippen LogP contribution in [0.3, 0.4) is 0 Å². The first-order chi connectivity index (χ1) is 12.0. The molecule has 2 aromatic rings. The molecule has 1 aromatic heterocycles. The van der Waals surface area contributed by atoms with Crippen LogP contribution in [0.25, 0.3) is 0 Å². The van der Waals surface area contributed by atoms with Crippen molar-refractivity contribution in [2.24, 2.45) is 5.92 Å². The number of aromatic nitrogens is 2. The molecule has 0 aliphatic carbocycles. The number of nitrogens with zero attached hydrogens (tertiary/aromatic N) is 1. The molecule has 6 nitrogen and oxygen atoms in total. The lowest BCUT2D eigenvalue weighted by Gasteiger charge is -2.16. The van der Waals surface area contributed by atoms with Gasteiger partial charge in [0.2, 0.25) is 0 Å². The number of hydrogen-bond donors (Lipinski definition) is 2. The van der Waals surface area contributed by atoms with Crippen molar-refractivity contribution < 1.29 is 14.3 Å². The van der Waals surface area contributed by atoms with Crippen LogP contribution < -0.4 is 14.8 Å². The minimum atomic E-state index is -0.189. The van der Waals surface area contributed by atoms with E-state index in [1.54, 1.807) is 0 Å². The number of ether oxygens (including phenoxy) is 2. The number of H-pyrrole nitrogens is 1. The van der Waals surface area contributed by atoms with Gasteiger partial charge in [0.1, 0.15) is 5.69 Å². The Hall–Kier alpha value is -2.50. The zero-order valence-corrected chi connectivity index (χ0v) is 15.0. The number of aromatic amines is 1. The van der Waals surface area contributed by atoms with Crippen molar-refractivity contribution in [1.82, 2.24) is 15.5 Å². The van der Waals surface area contributed by atoms with Gasteiger partial charge in [-0.25, -0.2) is 0 Å². The molecule has 1 amide bonds. The zero-order valence-electron chi connectivity index (χ0n) is 15.0. The third-order valence-electron chi connectivity index (χ3n) is 4.11. The van der Waals surface area contributed by atoms with Gasteiger partial charge in [0.15, 0.2) is 11.5 Å². The van der Waals surface area contributed by atoms with Gasteiger partial charge in [-0.3, -0.25) is 9.89 Å². The van der Waals surface area contributed by atoms with Crippen LogP contribution in [0.4, 0.5) is 0 Å². The van der Waals surface area contributed by atoms with Crippen molar-refractivity contribution in [3.05, 3.63) is 41.2 Å². The van der Waals surface area contributed by atoms with Crippen LogP contribution in [0.2, 0.25) is 0 Å². The summed E-state index contributed by atoms with van der Waals surface area (Å²) in [7, 11) is 0. The van der Waals surface area contributed by atoms with E-state index in [2.05, 4.69) is 29.4 Å². The Bertz CT molecular complexity index is 739. The van der Waals surface area contributed by atoms with Crippen molar-refractivity contribution in [2.45, 2.75) is 39.7 Å². The van der Waals surface area contributed by atoms with E-state index in [0.29, 0.717) is 24.8 Å².